The second-order valence-corrected chi connectivity index (χ2v) is 7.17. The Morgan fingerprint density at radius 3 is 2.76 bits per heavy atom. The number of aromatic carboxylic acids is 1. The highest BCUT2D eigenvalue weighted by Crippen LogP contribution is 2.48. The number of hydrogen-bond donors (Lipinski definition) is 1. The molecule has 2 bridgehead atoms. The van der Waals surface area contributed by atoms with Crippen LogP contribution in [0.4, 0.5) is 10.1 Å². The van der Waals surface area contributed by atoms with Crippen molar-refractivity contribution in [3.05, 3.63) is 28.0 Å². The second-order valence-electron chi connectivity index (χ2n) is 6.38. The van der Waals surface area contributed by atoms with Crippen LogP contribution in [-0.2, 0) is 0 Å². The average Bonchev–Trinajstić information content (AvgIpc) is 3.03. The van der Waals surface area contributed by atoms with E-state index >= 15 is 0 Å². The van der Waals surface area contributed by atoms with Crippen molar-refractivity contribution in [2.45, 2.75) is 25.7 Å². The van der Waals surface area contributed by atoms with Gasteiger partial charge < -0.3 is 10.0 Å². The van der Waals surface area contributed by atoms with Crippen molar-refractivity contribution >= 4 is 27.6 Å². The Balaban J connectivity index is 1.77. The van der Waals surface area contributed by atoms with E-state index in [0.717, 1.165) is 18.4 Å². The predicted octanol–water partition coefficient (Wildman–Crippen LogP) is 4.16. The summed E-state index contributed by atoms with van der Waals surface area (Å²) in [6, 6.07) is 3.03. The number of rotatable bonds is 4. The maximum Gasteiger partial charge on any atom is 0.336 e. The molecule has 3 atom stereocenters. The highest BCUT2D eigenvalue weighted by atomic mass is 79.9. The average molecular weight is 356 g/mol. The molecule has 0 radical (unpaired) electrons. The molecule has 3 unspecified atom stereocenters. The number of anilines is 1. The number of benzene rings is 1. The minimum atomic E-state index is -1.12. The lowest BCUT2D eigenvalue weighted by atomic mass is 9.88. The Morgan fingerprint density at radius 1 is 1.43 bits per heavy atom. The fourth-order valence-electron chi connectivity index (χ4n) is 4.05. The van der Waals surface area contributed by atoms with Crippen molar-refractivity contribution in [3.63, 3.8) is 0 Å². The summed E-state index contributed by atoms with van der Waals surface area (Å²) in [6.07, 6.45) is 5.26. The van der Waals surface area contributed by atoms with Gasteiger partial charge in [-0.1, -0.05) is 6.42 Å². The maximum atomic E-state index is 14.4. The molecule has 3 nitrogen and oxygen atoms in total. The van der Waals surface area contributed by atoms with Gasteiger partial charge in [0.05, 0.1) is 15.7 Å². The summed E-state index contributed by atoms with van der Waals surface area (Å²) in [5, 5.41) is 9.01. The van der Waals surface area contributed by atoms with E-state index < -0.39 is 11.8 Å². The molecule has 3 rings (SSSR count). The second kappa shape index (κ2) is 5.59. The van der Waals surface area contributed by atoms with Crippen LogP contribution in [0.25, 0.3) is 0 Å². The van der Waals surface area contributed by atoms with Crippen LogP contribution in [0.5, 0.6) is 0 Å². The fraction of sp³-hybridized carbons (Fsp3) is 0.562. The highest BCUT2D eigenvalue weighted by molar-refractivity contribution is 9.10. The van der Waals surface area contributed by atoms with Gasteiger partial charge in [-0.3, -0.25) is 0 Å². The zero-order chi connectivity index (χ0) is 15.1. The van der Waals surface area contributed by atoms with E-state index in [1.807, 2.05) is 11.9 Å². The van der Waals surface area contributed by atoms with Crippen molar-refractivity contribution in [3.8, 4) is 0 Å². The highest BCUT2D eigenvalue weighted by Gasteiger charge is 2.39. The molecule has 0 spiro atoms. The zero-order valence-corrected chi connectivity index (χ0v) is 13.6. The lowest BCUT2D eigenvalue weighted by molar-refractivity contribution is 0.0695. The van der Waals surface area contributed by atoms with Gasteiger partial charge in [0.25, 0.3) is 0 Å². The standard InChI is InChI=1S/C16H19BrFNO2/c1-19(8-11-7-9-2-3-10(11)6-9)13-5-4-12(16(20)21)14(17)15(13)18/h4-5,9-11H,2-3,6-8H2,1H3,(H,20,21). The summed E-state index contributed by atoms with van der Waals surface area (Å²) >= 11 is 3.06. The molecular weight excluding hydrogens is 337 g/mol. The molecule has 1 aromatic carbocycles. The maximum absolute atomic E-state index is 14.4. The van der Waals surface area contributed by atoms with Gasteiger partial charge in [-0.05, 0) is 65.1 Å². The predicted molar refractivity (Wildman–Crippen MR) is 83.3 cm³/mol. The van der Waals surface area contributed by atoms with Crippen LogP contribution in [0.1, 0.15) is 36.0 Å². The molecule has 2 saturated carbocycles. The number of nitrogens with zero attached hydrogens (tertiary/aromatic N) is 1. The van der Waals surface area contributed by atoms with Crippen LogP contribution in [0.2, 0.25) is 0 Å². The van der Waals surface area contributed by atoms with Gasteiger partial charge in [0.2, 0.25) is 0 Å². The number of halogens is 2. The molecule has 0 heterocycles. The van der Waals surface area contributed by atoms with Crippen molar-refractivity contribution in [2.75, 3.05) is 18.5 Å². The Morgan fingerprint density at radius 2 is 2.19 bits per heavy atom. The topological polar surface area (TPSA) is 40.5 Å². The summed E-state index contributed by atoms with van der Waals surface area (Å²) in [7, 11) is 1.89. The van der Waals surface area contributed by atoms with Crippen molar-refractivity contribution in [2.24, 2.45) is 17.8 Å². The fourth-order valence-corrected chi connectivity index (χ4v) is 4.55. The monoisotopic (exact) mass is 355 g/mol. The molecule has 0 amide bonds. The molecule has 2 fully saturated rings. The molecule has 0 saturated heterocycles. The van der Waals surface area contributed by atoms with Crippen LogP contribution in [-0.4, -0.2) is 24.7 Å². The Kier molecular flexibility index (Phi) is 3.95. The molecule has 21 heavy (non-hydrogen) atoms. The van der Waals surface area contributed by atoms with Crippen LogP contribution in [0.15, 0.2) is 16.6 Å². The largest absolute Gasteiger partial charge is 0.478 e. The van der Waals surface area contributed by atoms with E-state index in [9.17, 15) is 9.18 Å². The molecule has 1 N–H and O–H groups in total. The first-order valence-corrected chi connectivity index (χ1v) is 8.19. The number of carbonyl (C=O) groups is 1. The van der Waals surface area contributed by atoms with E-state index in [1.165, 1.54) is 31.7 Å². The summed E-state index contributed by atoms with van der Waals surface area (Å²) < 4.78 is 14.4. The molecule has 5 heteroatoms. The summed E-state index contributed by atoms with van der Waals surface area (Å²) in [4.78, 5) is 12.9. The van der Waals surface area contributed by atoms with E-state index in [0.29, 0.717) is 11.6 Å². The van der Waals surface area contributed by atoms with Crippen molar-refractivity contribution < 1.29 is 14.3 Å². The van der Waals surface area contributed by atoms with Crippen LogP contribution >= 0.6 is 15.9 Å². The molecule has 1 aromatic rings. The number of carboxylic acid groups (broad SMARTS) is 1. The van der Waals surface area contributed by atoms with Crippen molar-refractivity contribution in [1.82, 2.24) is 0 Å². The minimum Gasteiger partial charge on any atom is -0.478 e. The van der Waals surface area contributed by atoms with E-state index in [-0.39, 0.29) is 10.0 Å². The van der Waals surface area contributed by atoms with Crippen LogP contribution in [0.3, 0.4) is 0 Å². The molecular formula is C16H19BrFNO2. The van der Waals surface area contributed by atoms with Gasteiger partial charge in [-0.25, -0.2) is 9.18 Å². The van der Waals surface area contributed by atoms with Gasteiger partial charge in [-0.15, -0.1) is 0 Å². The quantitative estimate of drug-likeness (QED) is 0.881. The molecule has 114 valence electrons. The third-order valence-electron chi connectivity index (χ3n) is 5.10. The molecule has 2 aliphatic carbocycles. The van der Waals surface area contributed by atoms with Gasteiger partial charge in [0.1, 0.15) is 0 Å². The minimum absolute atomic E-state index is 0.0345. The summed E-state index contributed by atoms with van der Waals surface area (Å²) in [6.45, 7) is 0.844. The first-order valence-electron chi connectivity index (χ1n) is 7.39. The van der Waals surface area contributed by atoms with E-state index in [2.05, 4.69) is 15.9 Å². The third-order valence-corrected chi connectivity index (χ3v) is 5.87. The first-order chi connectivity index (χ1) is 9.97. The normalized spacial score (nSPS) is 27.1. The summed E-state index contributed by atoms with van der Waals surface area (Å²) in [5.41, 5.74) is 0.430. The molecule has 0 aromatic heterocycles. The summed E-state index contributed by atoms with van der Waals surface area (Å²) in [5.74, 6) is 0.705. The number of hydrogen-bond acceptors (Lipinski definition) is 2. The van der Waals surface area contributed by atoms with Crippen LogP contribution < -0.4 is 4.90 Å². The Labute approximate surface area is 132 Å². The molecule has 0 aliphatic heterocycles. The van der Waals surface area contributed by atoms with Gasteiger partial charge in [-0.2, -0.15) is 0 Å². The number of fused-ring (bicyclic) bond motifs is 2. The third kappa shape index (κ3) is 2.68. The Bertz CT molecular complexity index is 578. The van der Waals surface area contributed by atoms with Crippen LogP contribution in [0, 0.1) is 23.6 Å². The van der Waals surface area contributed by atoms with Crippen molar-refractivity contribution in [1.29, 1.82) is 0 Å². The van der Waals surface area contributed by atoms with Gasteiger partial charge in [0.15, 0.2) is 5.82 Å². The lowest BCUT2D eigenvalue weighted by Gasteiger charge is -2.29. The molecule has 2 aliphatic rings. The smallest absolute Gasteiger partial charge is 0.336 e. The van der Waals surface area contributed by atoms with E-state index in [4.69, 9.17) is 5.11 Å². The zero-order valence-electron chi connectivity index (χ0n) is 12.0. The first kappa shape index (κ1) is 14.8. The van der Waals surface area contributed by atoms with Gasteiger partial charge in [0, 0.05) is 13.6 Å². The SMILES string of the molecule is CN(CC1CC2CCC1C2)c1ccc(C(=O)O)c(Br)c1F. The number of carboxylic acids is 1. The van der Waals surface area contributed by atoms with E-state index in [1.54, 1.807) is 6.07 Å². The Hall–Kier alpha value is -1.10. The van der Waals surface area contributed by atoms with Gasteiger partial charge >= 0.3 is 5.97 Å². The lowest BCUT2D eigenvalue weighted by Crippen LogP contribution is -2.29.